The van der Waals surface area contributed by atoms with Crippen LogP contribution in [0.25, 0.3) is 0 Å². The van der Waals surface area contributed by atoms with E-state index in [0.717, 1.165) is 12.8 Å². The lowest BCUT2D eigenvalue weighted by Crippen LogP contribution is -1.99. The van der Waals surface area contributed by atoms with Gasteiger partial charge in [-0.2, -0.15) is 0 Å². The number of aliphatic hydroxyl groups is 2. The lowest BCUT2D eigenvalue weighted by Gasteiger charge is -1.98. The van der Waals surface area contributed by atoms with Crippen LogP contribution >= 0.6 is 0 Å². The van der Waals surface area contributed by atoms with Gasteiger partial charge in [-0.25, -0.2) is 0 Å². The van der Waals surface area contributed by atoms with Gasteiger partial charge < -0.3 is 15.3 Å². The molecule has 0 aliphatic heterocycles. The van der Waals surface area contributed by atoms with Gasteiger partial charge in [0.25, 0.3) is 0 Å². The van der Waals surface area contributed by atoms with E-state index in [4.69, 9.17) is 5.11 Å². The van der Waals surface area contributed by atoms with E-state index >= 15 is 0 Å². The molecular formula is C22H30O4. The van der Waals surface area contributed by atoms with Gasteiger partial charge in [-0.15, -0.1) is 0 Å². The summed E-state index contributed by atoms with van der Waals surface area (Å²) < 4.78 is 0. The zero-order valence-electron chi connectivity index (χ0n) is 15.4. The first-order valence-electron chi connectivity index (χ1n) is 8.93. The molecule has 4 heteroatoms. The third-order valence-corrected chi connectivity index (χ3v) is 3.14. The van der Waals surface area contributed by atoms with Crippen molar-refractivity contribution in [3.05, 3.63) is 60.8 Å². The van der Waals surface area contributed by atoms with E-state index in [0.29, 0.717) is 19.3 Å². The van der Waals surface area contributed by atoms with Crippen molar-refractivity contribution < 1.29 is 20.1 Å². The minimum Gasteiger partial charge on any atom is -0.481 e. The van der Waals surface area contributed by atoms with Gasteiger partial charge in [-0.05, 0) is 31.8 Å². The van der Waals surface area contributed by atoms with Crippen molar-refractivity contribution in [1.82, 2.24) is 0 Å². The molecule has 0 rings (SSSR count). The number of carboxylic acids is 1. The molecule has 0 saturated carbocycles. The van der Waals surface area contributed by atoms with Crippen molar-refractivity contribution in [2.75, 3.05) is 0 Å². The number of hydrogen-bond acceptors (Lipinski definition) is 3. The topological polar surface area (TPSA) is 77.8 Å². The van der Waals surface area contributed by atoms with Crippen molar-refractivity contribution >= 4 is 5.97 Å². The fourth-order valence-electron chi connectivity index (χ4n) is 1.80. The first kappa shape index (κ1) is 23.6. The number of aliphatic hydroxyl groups excluding tert-OH is 2. The maximum Gasteiger partial charge on any atom is 0.303 e. The van der Waals surface area contributed by atoms with Crippen LogP contribution in [-0.4, -0.2) is 33.5 Å². The van der Waals surface area contributed by atoms with Crippen LogP contribution in [0.2, 0.25) is 0 Å². The molecule has 26 heavy (non-hydrogen) atoms. The van der Waals surface area contributed by atoms with Crippen LogP contribution in [0.3, 0.4) is 0 Å². The van der Waals surface area contributed by atoms with E-state index in [-0.39, 0.29) is 6.42 Å². The number of rotatable bonds is 12. The quantitative estimate of drug-likeness (QED) is 0.280. The summed E-state index contributed by atoms with van der Waals surface area (Å²) in [5.41, 5.74) is 0. The summed E-state index contributed by atoms with van der Waals surface area (Å²) in [7, 11) is 0. The molecule has 0 bridgehead atoms. The van der Waals surface area contributed by atoms with Crippen LogP contribution in [0.4, 0.5) is 0 Å². The van der Waals surface area contributed by atoms with Gasteiger partial charge in [0.15, 0.2) is 0 Å². The molecule has 0 aromatic heterocycles. The third-order valence-electron chi connectivity index (χ3n) is 3.14. The smallest absolute Gasteiger partial charge is 0.303 e. The Morgan fingerprint density at radius 2 is 1.73 bits per heavy atom. The van der Waals surface area contributed by atoms with E-state index in [1.54, 1.807) is 24.3 Å². The Hall–Kier alpha value is -2.35. The second kappa shape index (κ2) is 17.5. The number of aliphatic carboxylic acids is 1. The van der Waals surface area contributed by atoms with Gasteiger partial charge in [0.2, 0.25) is 0 Å². The van der Waals surface area contributed by atoms with Crippen LogP contribution in [0.5, 0.6) is 0 Å². The van der Waals surface area contributed by atoms with E-state index in [2.05, 4.69) is 11.8 Å². The molecular weight excluding hydrogens is 328 g/mol. The summed E-state index contributed by atoms with van der Waals surface area (Å²) in [5, 5.41) is 27.8. The molecule has 0 radical (unpaired) electrons. The molecule has 0 aromatic rings. The summed E-state index contributed by atoms with van der Waals surface area (Å²) in [4.78, 5) is 10.3. The lowest BCUT2D eigenvalue weighted by atomic mass is 10.2. The molecule has 2 atom stereocenters. The van der Waals surface area contributed by atoms with Crippen LogP contribution in [0, 0.1) is 11.8 Å². The molecule has 4 nitrogen and oxygen atoms in total. The standard InChI is InChI=1S/C22H30O4/c1-2-3-10-15-20(23)17-12-8-9-13-18-21(24)16-11-6-4-5-7-14-19-22(25)26/h3,5-11,13,18,20-21,23-24H,2,4,14-16,19H2,1H3,(H,25,26)/b7-5+,9-8+,10-3+,11-6+,18-13+. The molecule has 0 aliphatic carbocycles. The average molecular weight is 358 g/mol. The van der Waals surface area contributed by atoms with Crippen molar-refractivity contribution in [3.8, 4) is 11.8 Å². The molecule has 3 N–H and O–H groups in total. The molecule has 2 unspecified atom stereocenters. The van der Waals surface area contributed by atoms with Gasteiger partial charge in [-0.1, -0.05) is 73.4 Å². The van der Waals surface area contributed by atoms with Crippen molar-refractivity contribution in [1.29, 1.82) is 0 Å². The van der Waals surface area contributed by atoms with Gasteiger partial charge in [0.1, 0.15) is 6.10 Å². The van der Waals surface area contributed by atoms with E-state index in [1.807, 2.05) is 43.4 Å². The maximum atomic E-state index is 10.3. The molecule has 0 fully saturated rings. The summed E-state index contributed by atoms with van der Waals surface area (Å²) >= 11 is 0. The van der Waals surface area contributed by atoms with Gasteiger partial charge in [-0.3, -0.25) is 4.79 Å². The van der Waals surface area contributed by atoms with Gasteiger partial charge in [0.05, 0.1) is 6.10 Å². The third kappa shape index (κ3) is 18.0. The summed E-state index contributed by atoms with van der Waals surface area (Å²) in [6.45, 7) is 2.04. The predicted molar refractivity (Wildman–Crippen MR) is 107 cm³/mol. The van der Waals surface area contributed by atoms with Crippen molar-refractivity contribution in [2.24, 2.45) is 0 Å². The highest BCUT2D eigenvalue weighted by Crippen LogP contribution is 1.99. The fraction of sp³-hybridized carbons (Fsp3) is 0.409. The fourth-order valence-corrected chi connectivity index (χ4v) is 1.80. The van der Waals surface area contributed by atoms with E-state index in [9.17, 15) is 15.0 Å². The Labute approximate surface area is 156 Å². The minimum absolute atomic E-state index is 0.149. The van der Waals surface area contributed by atoms with E-state index in [1.165, 1.54) is 0 Å². The Kier molecular flexibility index (Phi) is 15.9. The summed E-state index contributed by atoms with van der Waals surface area (Å²) in [5.74, 6) is 4.69. The predicted octanol–water partition coefficient (Wildman–Crippen LogP) is 3.94. The first-order chi connectivity index (χ1) is 12.6. The van der Waals surface area contributed by atoms with Crippen molar-refractivity contribution in [2.45, 2.75) is 57.7 Å². The summed E-state index contributed by atoms with van der Waals surface area (Å²) in [6.07, 6.45) is 20.4. The number of allylic oxidation sites excluding steroid dienone is 7. The maximum absolute atomic E-state index is 10.3. The molecule has 0 amide bonds. The number of carbonyl (C=O) groups is 1. The largest absolute Gasteiger partial charge is 0.481 e. The first-order valence-corrected chi connectivity index (χ1v) is 8.93. The molecule has 0 heterocycles. The second-order valence-corrected chi connectivity index (χ2v) is 5.58. The van der Waals surface area contributed by atoms with E-state index < -0.39 is 18.2 Å². The zero-order valence-corrected chi connectivity index (χ0v) is 15.4. The van der Waals surface area contributed by atoms with Crippen LogP contribution < -0.4 is 0 Å². The molecule has 0 aromatic carbocycles. The SMILES string of the molecule is CC/C=C/CC(O)C#C/C=C/C=C/C(O)C/C=C/C/C=C/CCC(=O)O. The monoisotopic (exact) mass is 358 g/mol. The zero-order chi connectivity index (χ0) is 19.5. The average Bonchev–Trinajstić information content (AvgIpc) is 2.60. The van der Waals surface area contributed by atoms with Crippen molar-refractivity contribution in [3.63, 3.8) is 0 Å². The Bertz CT molecular complexity index is 571. The minimum atomic E-state index is -0.791. The number of carboxylic acid groups (broad SMARTS) is 1. The Morgan fingerprint density at radius 1 is 1.00 bits per heavy atom. The molecule has 0 aliphatic rings. The van der Waals surface area contributed by atoms with Crippen LogP contribution in [0.15, 0.2) is 60.8 Å². The van der Waals surface area contributed by atoms with Crippen LogP contribution in [-0.2, 0) is 4.79 Å². The summed E-state index contributed by atoms with van der Waals surface area (Å²) in [6, 6.07) is 0. The highest BCUT2D eigenvalue weighted by molar-refractivity contribution is 5.66. The molecule has 0 saturated heterocycles. The highest BCUT2D eigenvalue weighted by Gasteiger charge is 1.94. The lowest BCUT2D eigenvalue weighted by molar-refractivity contribution is -0.136. The van der Waals surface area contributed by atoms with Gasteiger partial charge in [0, 0.05) is 12.8 Å². The Morgan fingerprint density at radius 3 is 2.46 bits per heavy atom. The molecule has 142 valence electrons. The Balaban J connectivity index is 3.92. The van der Waals surface area contributed by atoms with Gasteiger partial charge >= 0.3 is 5.97 Å². The second-order valence-electron chi connectivity index (χ2n) is 5.58. The number of hydrogen-bond donors (Lipinski definition) is 3. The normalized spacial score (nSPS) is 14.6. The highest BCUT2D eigenvalue weighted by atomic mass is 16.4. The molecule has 0 spiro atoms. The van der Waals surface area contributed by atoms with Crippen LogP contribution in [0.1, 0.15) is 45.4 Å².